The van der Waals surface area contributed by atoms with Crippen LogP contribution in [0.2, 0.25) is 0 Å². The third-order valence-corrected chi connectivity index (χ3v) is 5.56. The zero-order chi connectivity index (χ0) is 20.5. The molecule has 9 heteroatoms. The van der Waals surface area contributed by atoms with Gasteiger partial charge >= 0.3 is 0 Å². The number of nitrogens with one attached hydrogen (secondary N) is 1. The van der Waals surface area contributed by atoms with Crippen LogP contribution in [0, 0.1) is 5.92 Å². The first-order valence-electron chi connectivity index (χ1n) is 10.3. The second kappa shape index (κ2) is 7.74. The van der Waals surface area contributed by atoms with Crippen molar-refractivity contribution in [3.63, 3.8) is 0 Å². The summed E-state index contributed by atoms with van der Waals surface area (Å²) in [5.74, 6) is 1.46. The number of fused-ring (bicyclic) bond motifs is 1. The number of anilines is 2. The van der Waals surface area contributed by atoms with Crippen molar-refractivity contribution in [2.45, 2.75) is 19.3 Å². The number of hydrogen-bond acceptors (Lipinski definition) is 6. The minimum absolute atomic E-state index is 0.00630. The predicted octanol–water partition coefficient (Wildman–Crippen LogP) is 1.36. The number of hydrogen-bond donors (Lipinski definition) is 1. The molecule has 9 nitrogen and oxygen atoms in total. The highest BCUT2D eigenvalue weighted by Crippen LogP contribution is 2.30. The molecule has 0 unspecified atom stereocenters. The maximum atomic E-state index is 12.6. The monoisotopic (exact) mass is 405 g/mol. The lowest BCUT2D eigenvalue weighted by Crippen LogP contribution is -2.49. The van der Waals surface area contributed by atoms with Gasteiger partial charge < -0.3 is 9.80 Å². The summed E-state index contributed by atoms with van der Waals surface area (Å²) in [7, 11) is 0. The highest BCUT2D eigenvalue weighted by molar-refractivity contribution is 5.92. The van der Waals surface area contributed by atoms with Crippen LogP contribution in [-0.4, -0.2) is 62.5 Å². The third kappa shape index (κ3) is 3.83. The number of aromatic nitrogens is 4. The molecule has 30 heavy (non-hydrogen) atoms. The van der Waals surface area contributed by atoms with Crippen molar-refractivity contribution in [2.75, 3.05) is 36.4 Å². The minimum Gasteiger partial charge on any atom is -0.353 e. The Labute approximate surface area is 173 Å². The van der Waals surface area contributed by atoms with Crippen LogP contribution in [0.5, 0.6) is 0 Å². The fourth-order valence-corrected chi connectivity index (χ4v) is 3.72. The zero-order valence-electron chi connectivity index (χ0n) is 16.6. The van der Waals surface area contributed by atoms with E-state index in [1.165, 1.54) is 0 Å². The van der Waals surface area contributed by atoms with Gasteiger partial charge in [0.05, 0.1) is 6.42 Å². The van der Waals surface area contributed by atoms with Crippen molar-refractivity contribution in [2.24, 2.45) is 5.92 Å². The Balaban J connectivity index is 1.25. The molecule has 1 aliphatic carbocycles. The number of pyridine rings is 2. The zero-order valence-corrected chi connectivity index (χ0v) is 16.6. The molecule has 0 bridgehead atoms. The number of nitrogens with zero attached hydrogens (tertiary/aromatic N) is 6. The maximum absolute atomic E-state index is 12.6. The van der Waals surface area contributed by atoms with Gasteiger partial charge in [0.25, 0.3) is 0 Å². The third-order valence-electron chi connectivity index (χ3n) is 5.56. The van der Waals surface area contributed by atoms with E-state index in [9.17, 15) is 9.59 Å². The molecule has 0 radical (unpaired) electrons. The van der Waals surface area contributed by atoms with Crippen molar-refractivity contribution in [3.05, 3.63) is 48.3 Å². The Morgan fingerprint density at radius 3 is 2.63 bits per heavy atom. The van der Waals surface area contributed by atoms with E-state index in [-0.39, 0.29) is 17.7 Å². The lowest BCUT2D eigenvalue weighted by atomic mass is 10.2. The summed E-state index contributed by atoms with van der Waals surface area (Å²) < 4.78 is 1.76. The number of amides is 2. The van der Waals surface area contributed by atoms with Gasteiger partial charge in [0.1, 0.15) is 5.82 Å². The standard InChI is InChI=1S/C21H23N7O2/c29-19(13-15-3-2-8-22-14-15)27-11-9-26(10-12-27)18-5-1-4-17-23-21(25-28(17)18)24-20(30)16-6-7-16/h1-5,8,14,16H,6-7,9-13H2,(H,24,25,30). The quantitative estimate of drug-likeness (QED) is 0.689. The molecule has 0 spiro atoms. The minimum atomic E-state index is -0.00630. The van der Waals surface area contributed by atoms with Gasteiger partial charge in [-0.2, -0.15) is 9.50 Å². The van der Waals surface area contributed by atoms with E-state index in [2.05, 4.69) is 25.3 Å². The smallest absolute Gasteiger partial charge is 0.249 e. The number of carbonyl (C=O) groups is 2. The summed E-state index contributed by atoms with van der Waals surface area (Å²) in [6, 6.07) is 9.57. The van der Waals surface area contributed by atoms with Crippen molar-refractivity contribution in [1.29, 1.82) is 0 Å². The summed E-state index contributed by atoms with van der Waals surface area (Å²) >= 11 is 0. The van der Waals surface area contributed by atoms with E-state index in [1.807, 2.05) is 35.2 Å². The van der Waals surface area contributed by atoms with Crippen molar-refractivity contribution in [1.82, 2.24) is 24.5 Å². The molecule has 2 amide bonds. The van der Waals surface area contributed by atoms with Gasteiger partial charge in [-0.15, -0.1) is 5.10 Å². The fraction of sp³-hybridized carbons (Fsp3) is 0.381. The highest BCUT2D eigenvalue weighted by atomic mass is 16.2. The lowest BCUT2D eigenvalue weighted by molar-refractivity contribution is -0.130. The fourth-order valence-electron chi connectivity index (χ4n) is 3.72. The van der Waals surface area contributed by atoms with E-state index in [4.69, 9.17) is 0 Å². The van der Waals surface area contributed by atoms with Crippen LogP contribution in [0.4, 0.5) is 11.8 Å². The molecule has 0 atom stereocenters. The van der Waals surface area contributed by atoms with Crippen LogP contribution in [0.1, 0.15) is 18.4 Å². The molecule has 1 N–H and O–H groups in total. The van der Waals surface area contributed by atoms with Crippen LogP contribution in [0.25, 0.3) is 5.65 Å². The number of rotatable bonds is 5. The van der Waals surface area contributed by atoms with Gasteiger partial charge in [-0.3, -0.25) is 19.9 Å². The second-order valence-electron chi connectivity index (χ2n) is 7.76. The SMILES string of the molecule is O=C(Nc1nc2cccc(N3CCN(C(=O)Cc4cccnc4)CC3)n2n1)C1CC1. The molecule has 154 valence electrons. The Morgan fingerprint density at radius 2 is 1.90 bits per heavy atom. The Kier molecular flexibility index (Phi) is 4.78. The molecule has 0 aromatic carbocycles. The first-order valence-corrected chi connectivity index (χ1v) is 10.3. The Morgan fingerprint density at radius 1 is 1.07 bits per heavy atom. The Hall–Kier alpha value is -3.49. The summed E-state index contributed by atoms with van der Waals surface area (Å²) in [6.07, 6.45) is 5.69. The van der Waals surface area contributed by atoms with E-state index in [0.717, 1.165) is 24.2 Å². The normalized spacial score (nSPS) is 16.7. The van der Waals surface area contributed by atoms with Crippen LogP contribution in [0.3, 0.4) is 0 Å². The topological polar surface area (TPSA) is 95.7 Å². The molecule has 1 saturated heterocycles. The molecule has 2 fully saturated rings. The van der Waals surface area contributed by atoms with E-state index in [0.29, 0.717) is 44.2 Å². The molecule has 3 aromatic heterocycles. The molecule has 3 aromatic rings. The molecule has 5 rings (SSSR count). The van der Waals surface area contributed by atoms with Crippen LogP contribution in [0.15, 0.2) is 42.7 Å². The average Bonchev–Trinajstić information content (AvgIpc) is 3.54. The largest absolute Gasteiger partial charge is 0.353 e. The summed E-state index contributed by atoms with van der Waals surface area (Å²) in [5, 5.41) is 7.30. The van der Waals surface area contributed by atoms with Crippen molar-refractivity contribution in [3.8, 4) is 0 Å². The average molecular weight is 405 g/mol. The second-order valence-corrected chi connectivity index (χ2v) is 7.76. The van der Waals surface area contributed by atoms with Crippen LogP contribution in [-0.2, 0) is 16.0 Å². The summed E-state index contributed by atoms with van der Waals surface area (Å²) in [5.41, 5.74) is 1.62. The summed E-state index contributed by atoms with van der Waals surface area (Å²) in [4.78, 5) is 37.2. The van der Waals surface area contributed by atoms with E-state index >= 15 is 0 Å². The summed E-state index contributed by atoms with van der Waals surface area (Å²) in [6.45, 7) is 2.72. The molecular weight excluding hydrogens is 382 g/mol. The van der Waals surface area contributed by atoms with Gasteiger partial charge in [-0.05, 0) is 36.6 Å². The lowest BCUT2D eigenvalue weighted by Gasteiger charge is -2.36. The predicted molar refractivity (Wildman–Crippen MR) is 111 cm³/mol. The number of piperazine rings is 1. The number of carbonyl (C=O) groups excluding carboxylic acids is 2. The van der Waals surface area contributed by atoms with Gasteiger partial charge in [-0.1, -0.05) is 12.1 Å². The first-order chi connectivity index (χ1) is 14.7. The van der Waals surface area contributed by atoms with Crippen LogP contribution >= 0.6 is 0 Å². The Bertz CT molecular complexity index is 1070. The molecule has 1 saturated carbocycles. The highest BCUT2D eigenvalue weighted by Gasteiger charge is 2.30. The van der Waals surface area contributed by atoms with Gasteiger partial charge in [-0.25, -0.2) is 0 Å². The van der Waals surface area contributed by atoms with Crippen molar-refractivity contribution >= 4 is 29.2 Å². The van der Waals surface area contributed by atoms with Crippen molar-refractivity contribution < 1.29 is 9.59 Å². The van der Waals surface area contributed by atoms with E-state index in [1.54, 1.807) is 16.9 Å². The van der Waals surface area contributed by atoms with Gasteiger partial charge in [0.2, 0.25) is 17.8 Å². The molecule has 1 aliphatic heterocycles. The van der Waals surface area contributed by atoms with Gasteiger partial charge in [0, 0.05) is 44.5 Å². The molecule has 4 heterocycles. The van der Waals surface area contributed by atoms with E-state index < -0.39 is 0 Å². The first kappa shape index (κ1) is 18.5. The molecule has 2 aliphatic rings. The molecular formula is C21H23N7O2. The maximum Gasteiger partial charge on any atom is 0.249 e. The van der Waals surface area contributed by atoms with Crippen LogP contribution < -0.4 is 10.2 Å². The van der Waals surface area contributed by atoms with Gasteiger partial charge in [0.15, 0.2) is 5.65 Å².